The normalized spacial score (nSPS) is 16.4. The van der Waals surface area contributed by atoms with Crippen LogP contribution in [0.25, 0.3) is 0 Å². The molecule has 0 radical (unpaired) electrons. The summed E-state index contributed by atoms with van der Waals surface area (Å²) in [6.45, 7) is 0.492. The predicted molar refractivity (Wildman–Crippen MR) is 37.9 cm³/mol. The number of carbonyl (C=O) groups excluding carboxylic acids is 1. The van der Waals surface area contributed by atoms with Crippen LogP contribution in [0, 0.1) is 17.2 Å². The van der Waals surface area contributed by atoms with Crippen LogP contribution >= 0.6 is 0 Å². The summed E-state index contributed by atoms with van der Waals surface area (Å²) < 4.78 is 0. The van der Waals surface area contributed by atoms with E-state index in [1.54, 1.807) is 6.07 Å². The Labute approximate surface area is 69.2 Å². The zero-order valence-corrected chi connectivity index (χ0v) is 6.36. The summed E-state index contributed by atoms with van der Waals surface area (Å²) >= 11 is 0. The van der Waals surface area contributed by atoms with Crippen LogP contribution < -0.4 is 0 Å². The van der Waals surface area contributed by atoms with Gasteiger partial charge in [-0.1, -0.05) is 0 Å². The fraction of sp³-hybridized carbons (Fsp3) is 0.571. The molecule has 5 nitrogen and oxygen atoms in total. The molecule has 1 rings (SSSR count). The molecular formula is C7H8N2O3. The quantitative estimate of drug-likeness (QED) is 0.599. The van der Waals surface area contributed by atoms with Gasteiger partial charge in [-0.25, -0.2) is 0 Å². The maximum Gasteiger partial charge on any atom is 0.310 e. The maximum atomic E-state index is 10.9. The number of nitrogens with zero attached hydrogens (tertiary/aromatic N) is 2. The van der Waals surface area contributed by atoms with Crippen LogP contribution in [-0.4, -0.2) is 35.0 Å². The average molecular weight is 168 g/mol. The highest BCUT2D eigenvalue weighted by Crippen LogP contribution is 2.15. The molecule has 0 aliphatic carbocycles. The van der Waals surface area contributed by atoms with E-state index in [-0.39, 0.29) is 25.4 Å². The van der Waals surface area contributed by atoms with E-state index in [2.05, 4.69) is 0 Å². The molecule has 0 saturated carbocycles. The summed E-state index contributed by atoms with van der Waals surface area (Å²) in [5.74, 6) is -1.60. The van der Waals surface area contributed by atoms with E-state index in [0.717, 1.165) is 0 Å². The van der Waals surface area contributed by atoms with E-state index in [9.17, 15) is 9.59 Å². The van der Waals surface area contributed by atoms with Gasteiger partial charge in [-0.05, 0) is 0 Å². The van der Waals surface area contributed by atoms with Gasteiger partial charge in [0.15, 0.2) is 0 Å². The predicted octanol–water partition coefficient (Wildman–Crippen LogP) is -0.557. The first-order chi connectivity index (χ1) is 5.65. The molecule has 64 valence electrons. The van der Waals surface area contributed by atoms with Gasteiger partial charge >= 0.3 is 5.97 Å². The van der Waals surface area contributed by atoms with Gasteiger partial charge in [-0.3, -0.25) is 9.59 Å². The highest BCUT2D eigenvalue weighted by molar-refractivity contribution is 5.82. The van der Waals surface area contributed by atoms with E-state index >= 15 is 0 Å². The molecule has 1 fully saturated rings. The molecular weight excluding hydrogens is 160 g/mol. The Hall–Kier alpha value is -1.57. The lowest BCUT2D eigenvalue weighted by atomic mass is 10.0. The minimum atomic E-state index is -0.879. The van der Waals surface area contributed by atoms with Gasteiger partial charge in [-0.2, -0.15) is 5.26 Å². The van der Waals surface area contributed by atoms with E-state index in [1.807, 2.05) is 0 Å². The number of hydrogen-bond donors (Lipinski definition) is 1. The number of likely N-dealkylation sites (tertiary alicyclic amines) is 1. The molecule has 0 bridgehead atoms. The van der Waals surface area contributed by atoms with E-state index in [1.165, 1.54) is 4.90 Å². The maximum absolute atomic E-state index is 10.9. The molecule has 1 saturated heterocycles. The van der Waals surface area contributed by atoms with Gasteiger partial charge in [0.1, 0.15) is 6.42 Å². The van der Waals surface area contributed by atoms with Crippen molar-refractivity contribution in [2.24, 2.45) is 5.92 Å². The molecule has 1 amide bonds. The SMILES string of the molecule is N#CCC(=O)N1CC(C(=O)O)C1. The zero-order chi connectivity index (χ0) is 9.14. The number of rotatable bonds is 2. The van der Waals surface area contributed by atoms with E-state index in [4.69, 9.17) is 10.4 Å². The van der Waals surface area contributed by atoms with E-state index in [0.29, 0.717) is 0 Å². The summed E-state index contributed by atoms with van der Waals surface area (Å²) in [5, 5.41) is 16.6. The Morgan fingerprint density at radius 1 is 1.58 bits per heavy atom. The lowest BCUT2D eigenvalue weighted by Gasteiger charge is -2.36. The smallest absolute Gasteiger partial charge is 0.310 e. The van der Waals surface area contributed by atoms with Gasteiger partial charge in [0, 0.05) is 13.1 Å². The minimum Gasteiger partial charge on any atom is -0.481 e. The van der Waals surface area contributed by atoms with Crippen molar-refractivity contribution in [2.45, 2.75) is 6.42 Å². The summed E-state index contributed by atoms with van der Waals surface area (Å²) in [7, 11) is 0. The molecule has 1 aliphatic rings. The Kier molecular flexibility index (Phi) is 2.29. The van der Waals surface area contributed by atoms with Crippen LogP contribution in [0.2, 0.25) is 0 Å². The van der Waals surface area contributed by atoms with Crippen molar-refractivity contribution in [3.05, 3.63) is 0 Å². The Bertz CT molecular complexity index is 250. The lowest BCUT2D eigenvalue weighted by molar-refractivity contribution is -0.152. The van der Waals surface area contributed by atoms with E-state index < -0.39 is 11.9 Å². The van der Waals surface area contributed by atoms with Crippen molar-refractivity contribution in [3.63, 3.8) is 0 Å². The highest BCUT2D eigenvalue weighted by atomic mass is 16.4. The Morgan fingerprint density at radius 2 is 2.17 bits per heavy atom. The molecule has 0 aromatic heterocycles. The standard InChI is InChI=1S/C7H8N2O3/c8-2-1-6(10)9-3-5(4-9)7(11)12/h5H,1,3-4H2,(H,11,12). The van der Waals surface area contributed by atoms with Gasteiger partial charge in [0.05, 0.1) is 12.0 Å². The molecule has 0 unspecified atom stereocenters. The van der Waals surface area contributed by atoms with Gasteiger partial charge in [-0.15, -0.1) is 0 Å². The second kappa shape index (κ2) is 3.22. The molecule has 1 heterocycles. The average Bonchev–Trinajstić information content (AvgIpc) is 1.82. The lowest BCUT2D eigenvalue weighted by Crippen LogP contribution is -2.52. The summed E-state index contributed by atoms with van der Waals surface area (Å²) in [6.07, 6.45) is -0.160. The van der Waals surface area contributed by atoms with Crippen molar-refractivity contribution in [1.29, 1.82) is 5.26 Å². The molecule has 12 heavy (non-hydrogen) atoms. The summed E-state index contributed by atoms with van der Waals surface area (Å²) in [6, 6.07) is 1.72. The first-order valence-corrected chi connectivity index (χ1v) is 3.52. The molecule has 1 aliphatic heterocycles. The number of aliphatic carboxylic acids is 1. The van der Waals surface area contributed by atoms with Crippen molar-refractivity contribution < 1.29 is 14.7 Å². The minimum absolute atomic E-state index is 0.160. The van der Waals surface area contributed by atoms with Gasteiger partial charge in [0.25, 0.3) is 0 Å². The molecule has 0 aromatic carbocycles. The van der Waals surface area contributed by atoms with Crippen LogP contribution in [0.5, 0.6) is 0 Å². The molecule has 0 spiro atoms. The third kappa shape index (κ3) is 1.53. The third-order valence-corrected chi connectivity index (χ3v) is 1.81. The Balaban J connectivity index is 2.30. The van der Waals surface area contributed by atoms with Crippen molar-refractivity contribution in [3.8, 4) is 6.07 Å². The number of amides is 1. The van der Waals surface area contributed by atoms with Crippen LogP contribution in [0.1, 0.15) is 6.42 Å². The monoisotopic (exact) mass is 168 g/mol. The molecule has 1 N–H and O–H groups in total. The Morgan fingerprint density at radius 3 is 2.58 bits per heavy atom. The fourth-order valence-corrected chi connectivity index (χ4v) is 1.02. The topological polar surface area (TPSA) is 81.4 Å². The fourth-order valence-electron chi connectivity index (χ4n) is 1.02. The molecule has 0 aromatic rings. The van der Waals surface area contributed by atoms with Crippen molar-refractivity contribution >= 4 is 11.9 Å². The summed E-state index contributed by atoms with van der Waals surface area (Å²) in [4.78, 5) is 22.6. The van der Waals surface area contributed by atoms with Gasteiger partial charge in [0.2, 0.25) is 5.91 Å². The second-order valence-corrected chi connectivity index (χ2v) is 2.67. The van der Waals surface area contributed by atoms with Crippen LogP contribution in [-0.2, 0) is 9.59 Å². The first kappa shape index (κ1) is 8.53. The number of carboxylic acids is 1. The highest BCUT2D eigenvalue weighted by Gasteiger charge is 2.34. The number of hydrogen-bond acceptors (Lipinski definition) is 3. The van der Waals surface area contributed by atoms with Crippen molar-refractivity contribution in [1.82, 2.24) is 4.90 Å². The zero-order valence-electron chi connectivity index (χ0n) is 6.36. The number of carboxylic acid groups (broad SMARTS) is 1. The number of nitriles is 1. The molecule has 0 atom stereocenters. The van der Waals surface area contributed by atoms with Crippen LogP contribution in [0.3, 0.4) is 0 Å². The van der Waals surface area contributed by atoms with Gasteiger partial charge < -0.3 is 10.0 Å². The second-order valence-electron chi connectivity index (χ2n) is 2.67. The largest absolute Gasteiger partial charge is 0.481 e. The van der Waals surface area contributed by atoms with Crippen molar-refractivity contribution in [2.75, 3.05) is 13.1 Å². The first-order valence-electron chi connectivity index (χ1n) is 3.52. The van der Waals surface area contributed by atoms with Crippen LogP contribution in [0.4, 0.5) is 0 Å². The summed E-state index contributed by atoms with van der Waals surface area (Å²) in [5.41, 5.74) is 0. The number of carbonyl (C=O) groups is 2. The third-order valence-electron chi connectivity index (χ3n) is 1.81. The van der Waals surface area contributed by atoms with Crippen LogP contribution in [0.15, 0.2) is 0 Å². The molecule has 5 heteroatoms.